The van der Waals surface area contributed by atoms with Gasteiger partial charge in [-0.05, 0) is 50.6 Å². The number of benzene rings is 1. The maximum atomic E-state index is 9.43. The summed E-state index contributed by atoms with van der Waals surface area (Å²) in [5.41, 5.74) is 2.55. The Kier molecular flexibility index (Phi) is 5.87. The molecule has 0 saturated heterocycles. The molecule has 1 unspecified atom stereocenters. The molecule has 1 fully saturated rings. The monoisotopic (exact) mass is 340 g/mol. The van der Waals surface area contributed by atoms with Gasteiger partial charge in [-0.25, -0.2) is 0 Å². The van der Waals surface area contributed by atoms with E-state index < -0.39 is 0 Å². The van der Waals surface area contributed by atoms with Crippen molar-refractivity contribution in [3.8, 4) is 0 Å². The number of nitrogens with zero attached hydrogens (tertiary/aromatic N) is 1. The Bertz CT molecular complexity index is 432. The molecule has 4 heteroatoms. The third-order valence-corrected chi connectivity index (χ3v) is 4.80. The minimum Gasteiger partial charge on any atom is -0.395 e. The fraction of sp³-hybridized carbons (Fsp3) is 0.625. The Morgan fingerprint density at radius 3 is 2.70 bits per heavy atom. The molecule has 2 N–H and O–H groups in total. The first-order valence-corrected chi connectivity index (χ1v) is 8.31. The van der Waals surface area contributed by atoms with Crippen LogP contribution in [0, 0.1) is 0 Å². The van der Waals surface area contributed by atoms with Crippen molar-refractivity contribution in [2.24, 2.45) is 0 Å². The van der Waals surface area contributed by atoms with Crippen LogP contribution < -0.4 is 10.2 Å². The predicted octanol–water partition coefficient (Wildman–Crippen LogP) is 3.47. The van der Waals surface area contributed by atoms with Gasteiger partial charge in [-0.15, -0.1) is 0 Å². The van der Waals surface area contributed by atoms with Gasteiger partial charge in [0.25, 0.3) is 0 Å². The van der Waals surface area contributed by atoms with E-state index in [0.717, 1.165) is 11.0 Å². The summed E-state index contributed by atoms with van der Waals surface area (Å²) in [4.78, 5) is 2.41. The van der Waals surface area contributed by atoms with E-state index in [0.29, 0.717) is 12.1 Å². The molecule has 1 aliphatic carbocycles. The highest BCUT2D eigenvalue weighted by Crippen LogP contribution is 2.34. The molecule has 112 valence electrons. The van der Waals surface area contributed by atoms with E-state index in [9.17, 15) is 5.11 Å². The summed E-state index contributed by atoms with van der Waals surface area (Å²) in [6.07, 6.45) is 5.09. The van der Waals surface area contributed by atoms with Crippen LogP contribution in [0.5, 0.6) is 0 Å². The fourth-order valence-electron chi connectivity index (χ4n) is 3.11. The van der Waals surface area contributed by atoms with Gasteiger partial charge < -0.3 is 15.3 Å². The average molecular weight is 341 g/mol. The molecular formula is C16H25BrN2O. The van der Waals surface area contributed by atoms with E-state index in [1.165, 1.54) is 36.9 Å². The van der Waals surface area contributed by atoms with Crippen LogP contribution in [0.2, 0.25) is 0 Å². The number of aliphatic hydroxyl groups is 1. The van der Waals surface area contributed by atoms with Crippen LogP contribution in [0.15, 0.2) is 22.7 Å². The summed E-state index contributed by atoms with van der Waals surface area (Å²) >= 11 is 3.57. The Hall–Kier alpha value is -0.580. The molecule has 0 amide bonds. The zero-order valence-corrected chi connectivity index (χ0v) is 14.0. The predicted molar refractivity (Wildman–Crippen MR) is 88.3 cm³/mol. The molecule has 0 aromatic heterocycles. The van der Waals surface area contributed by atoms with Crippen LogP contribution in [0.25, 0.3) is 0 Å². The second-order valence-corrected chi connectivity index (χ2v) is 6.48. The first kappa shape index (κ1) is 15.8. The van der Waals surface area contributed by atoms with Crippen molar-refractivity contribution in [1.82, 2.24) is 5.32 Å². The first-order chi connectivity index (χ1) is 9.67. The van der Waals surface area contributed by atoms with Crippen LogP contribution in [0.1, 0.15) is 44.2 Å². The number of nitrogens with one attached hydrogen (secondary N) is 1. The molecule has 1 saturated carbocycles. The van der Waals surface area contributed by atoms with Crippen LogP contribution >= 0.6 is 15.9 Å². The van der Waals surface area contributed by atoms with Gasteiger partial charge in [0.05, 0.1) is 6.61 Å². The average Bonchev–Trinajstić information content (AvgIpc) is 2.98. The summed E-state index contributed by atoms with van der Waals surface area (Å²) in [5, 5.41) is 12.8. The maximum absolute atomic E-state index is 9.43. The number of rotatable bonds is 6. The Labute approximate surface area is 130 Å². The van der Waals surface area contributed by atoms with E-state index in [4.69, 9.17) is 0 Å². The van der Waals surface area contributed by atoms with Crippen LogP contribution in [0.3, 0.4) is 0 Å². The van der Waals surface area contributed by atoms with Crippen molar-refractivity contribution in [3.05, 3.63) is 28.2 Å². The van der Waals surface area contributed by atoms with Crippen LogP contribution in [-0.2, 0) is 0 Å². The zero-order valence-electron chi connectivity index (χ0n) is 12.4. The molecule has 0 bridgehead atoms. The molecule has 3 nitrogen and oxygen atoms in total. The second kappa shape index (κ2) is 7.43. The Morgan fingerprint density at radius 1 is 1.40 bits per heavy atom. The highest BCUT2D eigenvalue weighted by Gasteiger charge is 2.25. The summed E-state index contributed by atoms with van der Waals surface area (Å²) < 4.78 is 1.11. The standard InChI is InChI=1S/C16H25BrN2O/c1-12(18-2)15-11-13(17)7-8-16(15)19(9-10-20)14-5-3-4-6-14/h7-8,11-12,14,18,20H,3-6,9-10H2,1-2H3. The molecule has 0 spiro atoms. The quantitative estimate of drug-likeness (QED) is 0.832. The van der Waals surface area contributed by atoms with E-state index in [-0.39, 0.29) is 6.61 Å². The van der Waals surface area contributed by atoms with Gasteiger partial charge in [-0.3, -0.25) is 0 Å². The summed E-state index contributed by atoms with van der Waals surface area (Å²) in [6.45, 7) is 3.10. The molecule has 1 aromatic rings. The number of hydrogen-bond acceptors (Lipinski definition) is 3. The SMILES string of the molecule is CNC(C)c1cc(Br)ccc1N(CCO)C1CCCC1. The molecule has 0 radical (unpaired) electrons. The zero-order chi connectivity index (χ0) is 14.5. The lowest BCUT2D eigenvalue weighted by atomic mass is 10.0. The molecule has 0 heterocycles. The minimum absolute atomic E-state index is 0.208. The van der Waals surface area contributed by atoms with E-state index in [1.54, 1.807) is 0 Å². The van der Waals surface area contributed by atoms with Crippen molar-refractivity contribution in [2.45, 2.75) is 44.7 Å². The van der Waals surface area contributed by atoms with Gasteiger partial charge in [-0.2, -0.15) is 0 Å². The summed E-state index contributed by atoms with van der Waals surface area (Å²) in [7, 11) is 1.99. The number of hydrogen-bond donors (Lipinski definition) is 2. The fourth-order valence-corrected chi connectivity index (χ4v) is 3.49. The van der Waals surface area contributed by atoms with Gasteiger partial charge in [0, 0.05) is 28.8 Å². The number of halogens is 1. The van der Waals surface area contributed by atoms with Crippen molar-refractivity contribution in [2.75, 3.05) is 25.1 Å². The van der Waals surface area contributed by atoms with Gasteiger partial charge in [-0.1, -0.05) is 28.8 Å². The highest BCUT2D eigenvalue weighted by molar-refractivity contribution is 9.10. The number of anilines is 1. The lowest BCUT2D eigenvalue weighted by Crippen LogP contribution is -2.37. The maximum Gasteiger partial charge on any atom is 0.0606 e. The third kappa shape index (κ3) is 3.54. The Balaban J connectivity index is 2.35. The molecule has 0 aliphatic heterocycles. The van der Waals surface area contributed by atoms with E-state index in [1.807, 2.05) is 7.05 Å². The van der Waals surface area contributed by atoms with Gasteiger partial charge >= 0.3 is 0 Å². The lowest BCUT2D eigenvalue weighted by molar-refractivity contribution is 0.297. The van der Waals surface area contributed by atoms with Crippen LogP contribution in [-0.4, -0.2) is 31.3 Å². The third-order valence-electron chi connectivity index (χ3n) is 4.30. The normalized spacial score (nSPS) is 17.4. The molecule has 1 aliphatic rings. The molecule has 1 atom stereocenters. The summed E-state index contributed by atoms with van der Waals surface area (Å²) in [6, 6.07) is 7.34. The van der Waals surface area contributed by atoms with Crippen molar-refractivity contribution in [1.29, 1.82) is 0 Å². The van der Waals surface area contributed by atoms with Gasteiger partial charge in [0.1, 0.15) is 0 Å². The highest BCUT2D eigenvalue weighted by atomic mass is 79.9. The van der Waals surface area contributed by atoms with Gasteiger partial charge in [0.15, 0.2) is 0 Å². The Morgan fingerprint density at radius 2 is 2.10 bits per heavy atom. The molecular weight excluding hydrogens is 316 g/mol. The number of aliphatic hydroxyl groups excluding tert-OH is 1. The lowest BCUT2D eigenvalue weighted by Gasteiger charge is -2.33. The largest absolute Gasteiger partial charge is 0.395 e. The second-order valence-electron chi connectivity index (χ2n) is 5.57. The topological polar surface area (TPSA) is 35.5 Å². The van der Waals surface area contributed by atoms with Crippen molar-refractivity contribution >= 4 is 21.6 Å². The molecule has 1 aromatic carbocycles. The summed E-state index contributed by atoms with van der Waals surface area (Å²) in [5.74, 6) is 0. The molecule has 20 heavy (non-hydrogen) atoms. The van der Waals surface area contributed by atoms with Crippen molar-refractivity contribution in [3.63, 3.8) is 0 Å². The smallest absolute Gasteiger partial charge is 0.0606 e. The van der Waals surface area contributed by atoms with Crippen molar-refractivity contribution < 1.29 is 5.11 Å². The van der Waals surface area contributed by atoms with E-state index >= 15 is 0 Å². The van der Waals surface area contributed by atoms with Crippen LogP contribution in [0.4, 0.5) is 5.69 Å². The van der Waals surface area contributed by atoms with Gasteiger partial charge in [0.2, 0.25) is 0 Å². The first-order valence-electron chi connectivity index (χ1n) is 7.51. The minimum atomic E-state index is 0.208. The molecule has 2 rings (SSSR count). The van der Waals surface area contributed by atoms with E-state index in [2.05, 4.69) is 51.3 Å².